The van der Waals surface area contributed by atoms with Gasteiger partial charge in [-0.3, -0.25) is 9.78 Å². The Bertz CT molecular complexity index is 869. The fraction of sp³-hybridized carbons (Fsp3) is 0.0588. The monoisotopic (exact) mass is 341 g/mol. The molecule has 3 rings (SSSR count). The Labute approximate surface area is 142 Å². The molecule has 0 aliphatic carbocycles. The van der Waals surface area contributed by atoms with Gasteiger partial charge < -0.3 is 10.6 Å². The largest absolute Gasteiger partial charge is 0.347 e. The van der Waals surface area contributed by atoms with Crippen molar-refractivity contribution in [3.8, 4) is 0 Å². The van der Waals surface area contributed by atoms with Gasteiger partial charge in [-0.15, -0.1) is 0 Å². The highest BCUT2D eigenvalue weighted by molar-refractivity contribution is 5.92. The minimum atomic E-state index is -0.782. The molecule has 1 aromatic carbocycles. The molecule has 0 spiro atoms. The van der Waals surface area contributed by atoms with E-state index >= 15 is 0 Å². The second-order valence-corrected chi connectivity index (χ2v) is 5.03. The first-order valence-electron chi connectivity index (χ1n) is 7.34. The lowest BCUT2D eigenvalue weighted by molar-refractivity contribution is 0.0946. The van der Waals surface area contributed by atoms with Crippen LogP contribution < -0.4 is 10.6 Å². The van der Waals surface area contributed by atoms with Crippen molar-refractivity contribution in [1.82, 2.24) is 20.3 Å². The Hall–Kier alpha value is -3.42. The molecular weight excluding hydrogens is 328 g/mol. The SMILES string of the molecule is O=C(NCc1cccnc1)c1ccnc(Nc2c(F)cccc2F)n1. The zero-order valence-electron chi connectivity index (χ0n) is 12.9. The molecule has 1 amide bonds. The summed E-state index contributed by atoms with van der Waals surface area (Å²) in [7, 11) is 0. The molecule has 0 saturated heterocycles. The lowest BCUT2D eigenvalue weighted by Crippen LogP contribution is -2.24. The van der Waals surface area contributed by atoms with Crippen molar-refractivity contribution >= 4 is 17.5 Å². The summed E-state index contributed by atoms with van der Waals surface area (Å²) < 4.78 is 27.3. The van der Waals surface area contributed by atoms with Crippen molar-refractivity contribution in [3.63, 3.8) is 0 Å². The molecule has 8 heteroatoms. The van der Waals surface area contributed by atoms with Gasteiger partial charge in [0.1, 0.15) is 23.0 Å². The van der Waals surface area contributed by atoms with Crippen LogP contribution in [0, 0.1) is 11.6 Å². The number of amides is 1. The minimum Gasteiger partial charge on any atom is -0.347 e. The number of para-hydroxylation sites is 1. The molecule has 0 aliphatic rings. The van der Waals surface area contributed by atoms with Crippen LogP contribution in [0.1, 0.15) is 16.1 Å². The van der Waals surface area contributed by atoms with E-state index in [1.165, 1.54) is 18.3 Å². The number of carbonyl (C=O) groups is 1. The fourth-order valence-electron chi connectivity index (χ4n) is 2.05. The van der Waals surface area contributed by atoms with Gasteiger partial charge in [0.25, 0.3) is 5.91 Å². The van der Waals surface area contributed by atoms with Crippen molar-refractivity contribution in [3.05, 3.63) is 77.9 Å². The van der Waals surface area contributed by atoms with Crippen LogP contribution in [-0.2, 0) is 6.54 Å². The summed E-state index contributed by atoms with van der Waals surface area (Å²) in [6.45, 7) is 0.279. The Morgan fingerprint density at radius 3 is 2.56 bits per heavy atom. The van der Waals surface area contributed by atoms with Crippen LogP contribution in [0.15, 0.2) is 55.0 Å². The number of nitrogens with zero attached hydrogens (tertiary/aromatic N) is 3. The van der Waals surface area contributed by atoms with Crippen LogP contribution in [0.3, 0.4) is 0 Å². The first-order valence-corrected chi connectivity index (χ1v) is 7.34. The molecule has 25 heavy (non-hydrogen) atoms. The van der Waals surface area contributed by atoms with E-state index < -0.39 is 17.5 Å². The van der Waals surface area contributed by atoms with Crippen molar-refractivity contribution in [1.29, 1.82) is 0 Å². The smallest absolute Gasteiger partial charge is 0.270 e. The van der Waals surface area contributed by atoms with Gasteiger partial charge in [-0.2, -0.15) is 0 Å². The predicted molar refractivity (Wildman–Crippen MR) is 87.1 cm³/mol. The van der Waals surface area contributed by atoms with E-state index in [-0.39, 0.29) is 23.9 Å². The molecule has 2 N–H and O–H groups in total. The van der Waals surface area contributed by atoms with Gasteiger partial charge in [0.2, 0.25) is 5.95 Å². The Balaban J connectivity index is 1.72. The highest BCUT2D eigenvalue weighted by atomic mass is 19.1. The number of anilines is 2. The Kier molecular flexibility index (Phi) is 4.89. The summed E-state index contributed by atoms with van der Waals surface area (Å²) in [6.07, 6.45) is 4.59. The van der Waals surface area contributed by atoms with Crippen molar-refractivity contribution in [2.75, 3.05) is 5.32 Å². The average Bonchev–Trinajstić information content (AvgIpc) is 2.64. The van der Waals surface area contributed by atoms with E-state index in [0.29, 0.717) is 0 Å². The van der Waals surface area contributed by atoms with Crippen molar-refractivity contribution < 1.29 is 13.6 Å². The number of nitrogens with one attached hydrogen (secondary N) is 2. The maximum Gasteiger partial charge on any atom is 0.270 e. The molecule has 2 aromatic heterocycles. The number of halogens is 2. The van der Waals surface area contributed by atoms with E-state index in [2.05, 4.69) is 25.6 Å². The summed E-state index contributed by atoms with van der Waals surface area (Å²) >= 11 is 0. The first-order chi connectivity index (χ1) is 12.1. The van der Waals surface area contributed by atoms with E-state index in [1.54, 1.807) is 18.5 Å². The second-order valence-electron chi connectivity index (χ2n) is 5.03. The van der Waals surface area contributed by atoms with Gasteiger partial charge in [-0.05, 0) is 29.8 Å². The quantitative estimate of drug-likeness (QED) is 0.746. The highest BCUT2D eigenvalue weighted by Gasteiger charge is 2.12. The normalized spacial score (nSPS) is 10.3. The number of rotatable bonds is 5. The number of hydrogen-bond acceptors (Lipinski definition) is 5. The summed E-state index contributed by atoms with van der Waals surface area (Å²) in [5.41, 5.74) is 0.519. The Morgan fingerprint density at radius 2 is 1.84 bits per heavy atom. The molecule has 0 saturated carbocycles. The van der Waals surface area contributed by atoms with Gasteiger partial charge >= 0.3 is 0 Å². The molecule has 6 nitrogen and oxygen atoms in total. The molecule has 0 radical (unpaired) electrons. The van der Waals surface area contributed by atoms with Crippen LogP contribution in [0.4, 0.5) is 20.4 Å². The van der Waals surface area contributed by atoms with Gasteiger partial charge in [0, 0.05) is 25.1 Å². The second kappa shape index (κ2) is 7.43. The fourth-order valence-corrected chi connectivity index (χ4v) is 2.05. The van der Waals surface area contributed by atoms with E-state index in [9.17, 15) is 13.6 Å². The van der Waals surface area contributed by atoms with Crippen LogP contribution in [0.2, 0.25) is 0 Å². The van der Waals surface area contributed by atoms with Crippen molar-refractivity contribution in [2.24, 2.45) is 0 Å². The molecular formula is C17H13F2N5O. The lowest BCUT2D eigenvalue weighted by Gasteiger charge is -2.08. The third-order valence-corrected chi connectivity index (χ3v) is 3.26. The third-order valence-electron chi connectivity index (χ3n) is 3.26. The zero-order valence-corrected chi connectivity index (χ0v) is 12.9. The number of benzene rings is 1. The zero-order chi connectivity index (χ0) is 17.6. The molecule has 0 aliphatic heterocycles. The first kappa shape index (κ1) is 16.4. The van der Waals surface area contributed by atoms with E-state index in [1.807, 2.05) is 6.07 Å². The average molecular weight is 341 g/mol. The van der Waals surface area contributed by atoms with Crippen LogP contribution in [0.25, 0.3) is 0 Å². The number of aromatic nitrogens is 3. The molecule has 0 unspecified atom stereocenters. The van der Waals surface area contributed by atoms with Crippen molar-refractivity contribution in [2.45, 2.75) is 6.54 Å². The molecule has 2 heterocycles. The van der Waals surface area contributed by atoms with Gasteiger partial charge in [0.15, 0.2) is 0 Å². The summed E-state index contributed by atoms with van der Waals surface area (Å²) in [6, 6.07) is 8.45. The molecule has 0 atom stereocenters. The van der Waals surface area contributed by atoms with Crippen LogP contribution in [-0.4, -0.2) is 20.9 Å². The highest BCUT2D eigenvalue weighted by Crippen LogP contribution is 2.21. The van der Waals surface area contributed by atoms with Gasteiger partial charge in [-0.25, -0.2) is 18.7 Å². The van der Waals surface area contributed by atoms with Gasteiger partial charge in [-0.1, -0.05) is 12.1 Å². The molecule has 3 aromatic rings. The van der Waals surface area contributed by atoms with Crippen LogP contribution in [0.5, 0.6) is 0 Å². The summed E-state index contributed by atoms with van der Waals surface area (Å²) in [5.74, 6) is -2.09. The summed E-state index contributed by atoms with van der Waals surface area (Å²) in [5, 5.41) is 5.13. The predicted octanol–water partition coefficient (Wildman–Crippen LogP) is 2.82. The maximum absolute atomic E-state index is 13.7. The molecule has 0 bridgehead atoms. The van der Waals surface area contributed by atoms with E-state index in [0.717, 1.165) is 17.7 Å². The molecule has 0 fully saturated rings. The number of pyridine rings is 1. The third kappa shape index (κ3) is 4.11. The number of carbonyl (C=O) groups excluding carboxylic acids is 1. The van der Waals surface area contributed by atoms with Gasteiger partial charge in [0.05, 0.1) is 0 Å². The Morgan fingerprint density at radius 1 is 1.04 bits per heavy atom. The summed E-state index contributed by atoms with van der Waals surface area (Å²) in [4.78, 5) is 24.0. The van der Waals surface area contributed by atoms with E-state index in [4.69, 9.17) is 0 Å². The minimum absolute atomic E-state index is 0.0677. The number of hydrogen-bond donors (Lipinski definition) is 2. The van der Waals surface area contributed by atoms with Crippen LogP contribution >= 0.6 is 0 Å². The standard InChI is InChI=1S/C17H13F2N5O/c18-12-4-1-5-13(19)15(12)24-17-21-8-6-14(23-17)16(25)22-10-11-3-2-7-20-9-11/h1-9H,10H2,(H,22,25)(H,21,23,24). The topological polar surface area (TPSA) is 79.8 Å². The lowest BCUT2D eigenvalue weighted by atomic mass is 10.3. The molecule has 126 valence electrons. The maximum atomic E-state index is 13.7.